The quantitative estimate of drug-likeness (QED) is 0.828. The van der Waals surface area contributed by atoms with Crippen LogP contribution in [0, 0.1) is 12.8 Å². The van der Waals surface area contributed by atoms with Gasteiger partial charge in [-0.2, -0.15) is 0 Å². The number of thiazole rings is 1. The molecule has 3 heterocycles. The summed E-state index contributed by atoms with van der Waals surface area (Å²) in [5.74, 6) is -0.0253. The molecule has 25 heavy (non-hydrogen) atoms. The van der Waals surface area contributed by atoms with E-state index in [2.05, 4.69) is 34.2 Å². The van der Waals surface area contributed by atoms with Gasteiger partial charge >= 0.3 is 7.05 Å². The zero-order valence-electron chi connectivity index (χ0n) is 14.5. The van der Waals surface area contributed by atoms with E-state index in [0.29, 0.717) is 11.2 Å². The summed E-state index contributed by atoms with van der Waals surface area (Å²) in [6.07, 6.45) is 2.89. The van der Waals surface area contributed by atoms with Crippen molar-refractivity contribution in [2.45, 2.75) is 45.1 Å². The zero-order valence-corrected chi connectivity index (χ0v) is 15.3. The third kappa shape index (κ3) is 3.12. The molecule has 4 rings (SSSR count). The highest BCUT2D eigenvalue weighted by Crippen LogP contribution is 2.42. The number of amides is 1. The Hall–Kier alpha value is -1.70. The highest BCUT2D eigenvalue weighted by Gasteiger charge is 2.51. The first-order chi connectivity index (χ1) is 12.0. The standard InChI is InChI=1S/C18H22BN3O2S/c1-11-4-3-5-12(8-11)15-10-25-18(20-15)21-17(23)14-9-13-6-7-16(14)22(13)19(2)24/h3-5,8,10,13-14,16,24H,6-7,9H2,1-2H3,(H,20,21,23). The second-order valence-corrected chi connectivity index (χ2v) is 7.97. The molecule has 0 spiro atoms. The van der Waals surface area contributed by atoms with Gasteiger partial charge in [0.05, 0.1) is 11.6 Å². The second kappa shape index (κ2) is 6.55. The van der Waals surface area contributed by atoms with Gasteiger partial charge in [-0.05, 0) is 39.1 Å². The van der Waals surface area contributed by atoms with Gasteiger partial charge < -0.3 is 15.2 Å². The monoisotopic (exact) mass is 355 g/mol. The number of aryl methyl sites for hydroxylation is 1. The number of aromatic nitrogens is 1. The molecule has 1 amide bonds. The molecule has 2 fully saturated rings. The second-order valence-electron chi connectivity index (χ2n) is 7.12. The van der Waals surface area contributed by atoms with E-state index < -0.39 is 7.05 Å². The highest BCUT2D eigenvalue weighted by atomic mass is 32.1. The Kier molecular flexibility index (Phi) is 4.39. The fourth-order valence-corrected chi connectivity index (χ4v) is 5.08. The largest absolute Gasteiger partial charge is 0.437 e. The maximum atomic E-state index is 12.7. The molecule has 0 saturated carbocycles. The SMILES string of the molecule is CB(O)N1C2CCC1C(C(=O)Nc1nc(-c3cccc(C)c3)cs1)C2. The van der Waals surface area contributed by atoms with E-state index in [4.69, 9.17) is 0 Å². The van der Waals surface area contributed by atoms with Crippen LogP contribution >= 0.6 is 11.3 Å². The maximum Gasteiger partial charge on any atom is 0.376 e. The van der Waals surface area contributed by atoms with E-state index in [1.54, 1.807) is 6.82 Å². The lowest BCUT2D eigenvalue weighted by Gasteiger charge is -2.24. The summed E-state index contributed by atoms with van der Waals surface area (Å²) in [7, 11) is -0.483. The van der Waals surface area contributed by atoms with E-state index >= 15 is 0 Å². The third-order valence-electron chi connectivity index (χ3n) is 5.41. The number of anilines is 1. The Morgan fingerprint density at radius 3 is 3.00 bits per heavy atom. The first-order valence-electron chi connectivity index (χ1n) is 8.82. The van der Waals surface area contributed by atoms with Crippen molar-refractivity contribution in [1.29, 1.82) is 0 Å². The summed E-state index contributed by atoms with van der Waals surface area (Å²) in [5.41, 5.74) is 3.15. The van der Waals surface area contributed by atoms with Crippen LogP contribution < -0.4 is 5.32 Å². The summed E-state index contributed by atoms with van der Waals surface area (Å²) in [4.78, 5) is 19.4. The predicted octanol–water partition coefficient (Wildman–Crippen LogP) is 3.02. The number of nitrogens with zero attached hydrogens (tertiary/aromatic N) is 2. The lowest BCUT2D eigenvalue weighted by Crippen LogP contribution is -2.43. The van der Waals surface area contributed by atoms with Crippen LogP contribution in [0.1, 0.15) is 24.8 Å². The fraction of sp³-hybridized carbons (Fsp3) is 0.444. The van der Waals surface area contributed by atoms with E-state index in [-0.39, 0.29) is 17.9 Å². The van der Waals surface area contributed by atoms with Gasteiger partial charge in [0.15, 0.2) is 5.13 Å². The molecule has 2 N–H and O–H groups in total. The van der Waals surface area contributed by atoms with Gasteiger partial charge in [0.1, 0.15) is 0 Å². The molecule has 7 heteroatoms. The molecule has 130 valence electrons. The van der Waals surface area contributed by atoms with Gasteiger partial charge in [-0.1, -0.05) is 23.8 Å². The molecule has 2 aliphatic rings. The number of benzene rings is 1. The smallest absolute Gasteiger partial charge is 0.376 e. The molecular weight excluding hydrogens is 333 g/mol. The van der Waals surface area contributed by atoms with Gasteiger partial charge in [0.25, 0.3) is 0 Å². The first kappa shape index (κ1) is 16.8. The van der Waals surface area contributed by atoms with Crippen molar-refractivity contribution >= 4 is 29.4 Å². The molecule has 3 atom stereocenters. The Labute approximate surface area is 152 Å². The minimum Gasteiger partial charge on any atom is -0.437 e. The number of carbonyl (C=O) groups excluding carboxylic acids is 1. The van der Waals surface area contributed by atoms with Crippen LogP contribution in [0.2, 0.25) is 6.82 Å². The topological polar surface area (TPSA) is 65.5 Å². The molecule has 2 aromatic rings. The van der Waals surface area contributed by atoms with Crippen LogP contribution in [-0.4, -0.2) is 39.9 Å². The lowest BCUT2D eigenvalue weighted by molar-refractivity contribution is -0.120. The summed E-state index contributed by atoms with van der Waals surface area (Å²) in [6.45, 7) is 3.85. The Bertz CT molecular complexity index is 794. The van der Waals surface area contributed by atoms with Gasteiger partial charge in [-0.15, -0.1) is 11.3 Å². The average molecular weight is 355 g/mol. The van der Waals surface area contributed by atoms with Gasteiger partial charge in [0.2, 0.25) is 5.91 Å². The van der Waals surface area contributed by atoms with Crippen molar-refractivity contribution in [3.8, 4) is 11.3 Å². The molecule has 2 saturated heterocycles. The van der Waals surface area contributed by atoms with E-state index in [9.17, 15) is 9.82 Å². The summed E-state index contributed by atoms with van der Waals surface area (Å²) in [5, 5.41) is 15.6. The molecule has 0 radical (unpaired) electrons. The average Bonchev–Trinajstić information content (AvgIpc) is 3.28. The minimum atomic E-state index is -0.483. The molecule has 5 nitrogen and oxygen atoms in total. The number of hydrogen-bond donors (Lipinski definition) is 2. The summed E-state index contributed by atoms with van der Waals surface area (Å²) in [6, 6.07) is 8.69. The zero-order chi connectivity index (χ0) is 17.6. The number of nitrogens with one attached hydrogen (secondary N) is 1. The van der Waals surface area contributed by atoms with Gasteiger partial charge in [-0.3, -0.25) is 4.79 Å². The third-order valence-corrected chi connectivity index (χ3v) is 6.16. The highest BCUT2D eigenvalue weighted by molar-refractivity contribution is 7.14. The van der Waals surface area contributed by atoms with Crippen molar-refractivity contribution in [3.63, 3.8) is 0 Å². The molecule has 2 aliphatic heterocycles. The van der Waals surface area contributed by atoms with Crippen LogP contribution in [0.15, 0.2) is 29.6 Å². The normalized spacial score (nSPS) is 25.3. The van der Waals surface area contributed by atoms with Crippen LogP contribution in [-0.2, 0) is 4.79 Å². The summed E-state index contributed by atoms with van der Waals surface area (Å²) >= 11 is 1.46. The van der Waals surface area contributed by atoms with Crippen LogP contribution in [0.4, 0.5) is 5.13 Å². The predicted molar refractivity (Wildman–Crippen MR) is 102 cm³/mol. The van der Waals surface area contributed by atoms with Crippen molar-refractivity contribution in [3.05, 3.63) is 35.2 Å². The first-order valence-corrected chi connectivity index (χ1v) is 9.70. The summed E-state index contributed by atoms with van der Waals surface area (Å²) < 4.78 is 0. The lowest BCUT2D eigenvalue weighted by atomic mass is 9.83. The van der Waals surface area contributed by atoms with Crippen LogP contribution in [0.25, 0.3) is 11.3 Å². The molecule has 0 aliphatic carbocycles. The molecule has 1 aromatic heterocycles. The molecular formula is C18H22BN3O2S. The van der Waals surface area contributed by atoms with Crippen LogP contribution in [0.3, 0.4) is 0 Å². The number of hydrogen-bond acceptors (Lipinski definition) is 5. The molecule has 1 aromatic carbocycles. The minimum absolute atomic E-state index is 0.0305. The van der Waals surface area contributed by atoms with Crippen molar-refractivity contribution in [2.24, 2.45) is 5.92 Å². The van der Waals surface area contributed by atoms with Gasteiger partial charge in [-0.25, -0.2) is 4.98 Å². The van der Waals surface area contributed by atoms with Crippen molar-refractivity contribution in [2.75, 3.05) is 5.32 Å². The number of rotatable bonds is 4. The number of fused-ring (bicyclic) bond motifs is 2. The van der Waals surface area contributed by atoms with E-state index in [1.807, 2.05) is 17.5 Å². The van der Waals surface area contributed by atoms with Gasteiger partial charge in [0, 0.05) is 23.0 Å². The van der Waals surface area contributed by atoms with Crippen molar-refractivity contribution < 1.29 is 9.82 Å². The fourth-order valence-electron chi connectivity index (χ4n) is 4.36. The number of carbonyl (C=O) groups is 1. The molecule has 3 unspecified atom stereocenters. The Balaban J connectivity index is 1.46. The van der Waals surface area contributed by atoms with E-state index in [0.717, 1.165) is 30.5 Å². The maximum absolute atomic E-state index is 12.7. The Morgan fingerprint density at radius 2 is 2.28 bits per heavy atom. The molecule has 2 bridgehead atoms. The Morgan fingerprint density at radius 1 is 1.44 bits per heavy atom. The van der Waals surface area contributed by atoms with Crippen LogP contribution in [0.5, 0.6) is 0 Å². The van der Waals surface area contributed by atoms with E-state index in [1.165, 1.54) is 16.9 Å². The van der Waals surface area contributed by atoms with Crippen molar-refractivity contribution in [1.82, 2.24) is 9.79 Å².